The number of methoxy groups -OCH3 is 2. The summed E-state index contributed by atoms with van der Waals surface area (Å²) in [4.78, 5) is 22.3. The second kappa shape index (κ2) is 9.49. The number of carbonyl (C=O) groups excluding carboxylic acids is 1. The molecule has 2 aromatic heterocycles. The van der Waals surface area contributed by atoms with Gasteiger partial charge in [-0.15, -0.1) is 0 Å². The van der Waals surface area contributed by atoms with Crippen LogP contribution in [0.3, 0.4) is 0 Å². The minimum atomic E-state index is 0.273. The van der Waals surface area contributed by atoms with Crippen molar-refractivity contribution in [2.45, 2.75) is 12.8 Å². The van der Waals surface area contributed by atoms with Gasteiger partial charge in [0.2, 0.25) is 0 Å². The van der Waals surface area contributed by atoms with Gasteiger partial charge in [-0.25, -0.2) is 14.6 Å². The minimum absolute atomic E-state index is 0.273. The molecule has 2 N–H and O–H groups in total. The molecule has 164 valence electrons. The third kappa shape index (κ3) is 4.55. The zero-order chi connectivity index (χ0) is 22.5. The summed E-state index contributed by atoms with van der Waals surface area (Å²) >= 11 is 0. The molecule has 0 amide bonds. The maximum atomic E-state index is 11.7. The standard InChI is InChI=1S/C23H24N6O3/c1-31-18-9-16(10-19(11-18)32-2)5-6-20-21-22(24)25-15-26-23(21)29(27-20)13-17(14-30)12-28-7-3-4-8-28/h9-11,13-15H,3-4,7-8,12H2,1-2H3,(H2,24,25,26). The van der Waals surface area contributed by atoms with Gasteiger partial charge >= 0.3 is 0 Å². The fraction of sp³-hybridized carbons (Fsp3) is 0.304. The van der Waals surface area contributed by atoms with Crippen LogP contribution in [0.25, 0.3) is 17.2 Å². The molecule has 1 saturated heterocycles. The molecule has 1 aliphatic rings. The number of aldehydes is 1. The average molecular weight is 432 g/mol. The zero-order valence-corrected chi connectivity index (χ0v) is 18.0. The molecule has 1 aliphatic heterocycles. The SMILES string of the molecule is COc1cc(C#Cc2nn(C=C(C=O)CN3CCCC3)c3ncnc(N)c23)cc(OC)c1. The lowest BCUT2D eigenvalue weighted by molar-refractivity contribution is -0.105. The van der Waals surface area contributed by atoms with E-state index in [1.54, 1.807) is 43.3 Å². The van der Waals surface area contributed by atoms with Gasteiger partial charge in [-0.3, -0.25) is 9.69 Å². The molecule has 1 fully saturated rings. The molecule has 0 saturated carbocycles. The summed E-state index contributed by atoms with van der Waals surface area (Å²) in [6, 6.07) is 5.37. The Hall–Kier alpha value is -3.90. The highest BCUT2D eigenvalue weighted by Gasteiger charge is 2.16. The lowest BCUT2D eigenvalue weighted by Gasteiger charge is -2.13. The molecule has 0 aliphatic carbocycles. The first kappa shape index (κ1) is 21.3. The van der Waals surface area contributed by atoms with Crippen molar-refractivity contribution in [1.82, 2.24) is 24.6 Å². The van der Waals surface area contributed by atoms with E-state index in [0.717, 1.165) is 32.2 Å². The van der Waals surface area contributed by atoms with E-state index < -0.39 is 0 Å². The van der Waals surface area contributed by atoms with Gasteiger partial charge < -0.3 is 15.2 Å². The minimum Gasteiger partial charge on any atom is -0.497 e. The van der Waals surface area contributed by atoms with Gasteiger partial charge in [-0.1, -0.05) is 5.92 Å². The Bertz CT molecular complexity index is 1210. The number of nitrogen functional groups attached to an aromatic ring is 1. The van der Waals surface area contributed by atoms with E-state index in [1.165, 1.54) is 6.33 Å². The van der Waals surface area contributed by atoms with Gasteiger partial charge in [0.15, 0.2) is 5.65 Å². The smallest absolute Gasteiger partial charge is 0.169 e. The number of hydrogen-bond donors (Lipinski definition) is 1. The number of hydrogen-bond acceptors (Lipinski definition) is 8. The Labute approximate surface area is 185 Å². The number of benzene rings is 1. The number of likely N-dealkylation sites (tertiary alicyclic amines) is 1. The third-order valence-corrected chi connectivity index (χ3v) is 5.24. The maximum Gasteiger partial charge on any atom is 0.169 e. The van der Waals surface area contributed by atoms with Crippen LogP contribution >= 0.6 is 0 Å². The first-order valence-electron chi connectivity index (χ1n) is 10.2. The quantitative estimate of drug-likeness (QED) is 0.358. The van der Waals surface area contributed by atoms with E-state index in [0.29, 0.717) is 45.9 Å². The Morgan fingerprint density at radius 1 is 1.12 bits per heavy atom. The normalized spacial score (nSPS) is 14.2. The van der Waals surface area contributed by atoms with E-state index in [1.807, 2.05) is 0 Å². The molecule has 32 heavy (non-hydrogen) atoms. The summed E-state index contributed by atoms with van der Waals surface area (Å²) in [6.45, 7) is 2.54. The fourth-order valence-corrected chi connectivity index (χ4v) is 3.65. The summed E-state index contributed by atoms with van der Waals surface area (Å²) in [5, 5.41) is 5.10. The highest BCUT2D eigenvalue weighted by Crippen LogP contribution is 2.24. The Morgan fingerprint density at radius 2 is 1.84 bits per heavy atom. The summed E-state index contributed by atoms with van der Waals surface area (Å²) in [5.74, 6) is 7.66. The molecular weight excluding hydrogens is 408 g/mol. The van der Waals surface area contributed by atoms with Gasteiger partial charge in [0.05, 0.1) is 19.6 Å². The van der Waals surface area contributed by atoms with Crippen molar-refractivity contribution < 1.29 is 14.3 Å². The molecule has 1 aromatic carbocycles. The number of aromatic nitrogens is 4. The molecule has 9 nitrogen and oxygen atoms in total. The maximum absolute atomic E-state index is 11.7. The zero-order valence-electron chi connectivity index (χ0n) is 18.0. The number of ether oxygens (including phenoxy) is 2. The van der Waals surface area contributed by atoms with Gasteiger partial charge in [-0.05, 0) is 44.0 Å². The highest BCUT2D eigenvalue weighted by molar-refractivity contribution is 5.92. The first-order valence-corrected chi connectivity index (χ1v) is 10.2. The average Bonchev–Trinajstić information content (AvgIpc) is 3.45. The molecule has 0 bridgehead atoms. The van der Waals surface area contributed by atoms with E-state index in [2.05, 4.69) is 31.8 Å². The summed E-state index contributed by atoms with van der Waals surface area (Å²) in [5.41, 5.74) is 8.32. The van der Waals surface area contributed by atoms with Crippen molar-refractivity contribution in [3.63, 3.8) is 0 Å². The van der Waals surface area contributed by atoms with Crippen LogP contribution in [0.2, 0.25) is 0 Å². The van der Waals surface area contributed by atoms with Crippen LogP contribution in [0.4, 0.5) is 5.82 Å². The van der Waals surface area contributed by atoms with Crippen LogP contribution in [0.15, 0.2) is 30.1 Å². The van der Waals surface area contributed by atoms with E-state index in [4.69, 9.17) is 15.2 Å². The van der Waals surface area contributed by atoms with Crippen molar-refractivity contribution in [1.29, 1.82) is 0 Å². The predicted molar refractivity (Wildman–Crippen MR) is 121 cm³/mol. The lowest BCUT2D eigenvalue weighted by atomic mass is 10.2. The second-order valence-electron chi connectivity index (χ2n) is 7.41. The molecule has 0 spiro atoms. The van der Waals surface area contributed by atoms with Gasteiger partial charge in [-0.2, -0.15) is 5.10 Å². The molecule has 3 aromatic rings. The summed E-state index contributed by atoms with van der Waals surface area (Å²) in [7, 11) is 3.16. The molecule has 0 atom stereocenters. The van der Waals surface area contributed by atoms with Crippen LogP contribution in [-0.2, 0) is 4.79 Å². The van der Waals surface area contributed by atoms with Crippen molar-refractivity contribution in [3.05, 3.63) is 41.4 Å². The summed E-state index contributed by atoms with van der Waals surface area (Å²) < 4.78 is 12.1. The van der Waals surface area contributed by atoms with Crippen molar-refractivity contribution in [3.8, 4) is 23.3 Å². The van der Waals surface area contributed by atoms with E-state index in [9.17, 15) is 4.79 Å². The van der Waals surface area contributed by atoms with Crippen molar-refractivity contribution in [2.75, 3.05) is 39.6 Å². The predicted octanol–water partition coefficient (Wildman–Crippen LogP) is 1.96. The van der Waals surface area contributed by atoms with Gasteiger partial charge in [0.1, 0.15) is 35.6 Å². The Kier molecular flexibility index (Phi) is 6.33. The molecular formula is C23H24N6O3. The number of nitrogens with zero attached hydrogens (tertiary/aromatic N) is 5. The van der Waals surface area contributed by atoms with Gasteiger partial charge in [0, 0.05) is 29.9 Å². The van der Waals surface area contributed by atoms with Crippen LogP contribution in [0.1, 0.15) is 24.1 Å². The van der Waals surface area contributed by atoms with E-state index >= 15 is 0 Å². The largest absolute Gasteiger partial charge is 0.497 e. The monoisotopic (exact) mass is 432 g/mol. The van der Waals surface area contributed by atoms with Crippen LogP contribution in [-0.4, -0.2) is 64.8 Å². The number of nitrogens with two attached hydrogens (primary N) is 1. The molecule has 9 heteroatoms. The lowest BCUT2D eigenvalue weighted by Crippen LogP contribution is -2.22. The Morgan fingerprint density at radius 3 is 2.50 bits per heavy atom. The van der Waals surface area contributed by atoms with Crippen LogP contribution < -0.4 is 15.2 Å². The second-order valence-corrected chi connectivity index (χ2v) is 7.41. The molecule has 0 radical (unpaired) electrons. The first-order chi connectivity index (χ1) is 15.6. The van der Waals surface area contributed by atoms with Crippen LogP contribution in [0.5, 0.6) is 11.5 Å². The topological polar surface area (TPSA) is 108 Å². The van der Waals surface area contributed by atoms with Crippen molar-refractivity contribution in [2.24, 2.45) is 0 Å². The Balaban J connectivity index is 1.75. The number of anilines is 1. The molecule has 3 heterocycles. The fourth-order valence-electron chi connectivity index (χ4n) is 3.65. The van der Waals surface area contributed by atoms with E-state index in [-0.39, 0.29) is 5.82 Å². The molecule has 4 rings (SSSR count). The number of fused-ring (bicyclic) bond motifs is 1. The van der Waals surface area contributed by atoms with Crippen LogP contribution in [0, 0.1) is 11.8 Å². The number of carbonyl (C=O) groups is 1. The van der Waals surface area contributed by atoms with Crippen molar-refractivity contribution >= 4 is 29.3 Å². The number of rotatable bonds is 6. The van der Waals surface area contributed by atoms with Gasteiger partial charge in [0.25, 0.3) is 0 Å². The third-order valence-electron chi connectivity index (χ3n) is 5.24. The molecule has 0 unspecified atom stereocenters. The summed E-state index contributed by atoms with van der Waals surface area (Å²) in [6.07, 6.45) is 6.20. The highest BCUT2D eigenvalue weighted by atomic mass is 16.5.